The minimum Gasteiger partial charge on any atom is -0.324 e. The molecule has 31 heavy (non-hydrogen) atoms. The number of sulfonamides is 1. The summed E-state index contributed by atoms with van der Waals surface area (Å²) in [6.45, 7) is 2.32. The molecule has 158 valence electrons. The summed E-state index contributed by atoms with van der Waals surface area (Å²) in [5, 5.41) is 0.662. The number of fused-ring (bicyclic) bond motifs is 1. The van der Waals surface area contributed by atoms with E-state index < -0.39 is 15.9 Å². The van der Waals surface area contributed by atoms with Gasteiger partial charge in [0.1, 0.15) is 10.7 Å². The highest BCUT2D eigenvalue weighted by Gasteiger charge is 2.22. The fourth-order valence-electron chi connectivity index (χ4n) is 3.28. The number of nitrogens with one attached hydrogen (secondary N) is 1. The van der Waals surface area contributed by atoms with Crippen molar-refractivity contribution in [2.75, 3.05) is 0 Å². The highest BCUT2D eigenvalue weighted by atomic mass is 35.5. The van der Waals surface area contributed by atoms with E-state index in [-0.39, 0.29) is 15.5 Å². The van der Waals surface area contributed by atoms with Crippen LogP contribution >= 0.6 is 23.2 Å². The zero-order valence-electron chi connectivity index (χ0n) is 16.3. The molecule has 3 aromatic carbocycles. The molecule has 1 aromatic heterocycles. The highest BCUT2D eigenvalue weighted by Crippen LogP contribution is 2.24. The van der Waals surface area contributed by atoms with Crippen molar-refractivity contribution in [3.05, 3.63) is 93.7 Å². The van der Waals surface area contributed by atoms with Crippen LogP contribution in [0.5, 0.6) is 0 Å². The average Bonchev–Trinajstić information content (AvgIpc) is 3.04. The Bertz CT molecular complexity index is 1410. The van der Waals surface area contributed by atoms with Crippen molar-refractivity contribution in [2.24, 2.45) is 0 Å². The van der Waals surface area contributed by atoms with Crippen LogP contribution in [0.25, 0.3) is 11.0 Å². The number of hydrogen-bond acceptors (Lipinski definition) is 4. The summed E-state index contributed by atoms with van der Waals surface area (Å²) in [7, 11) is -4.12. The molecule has 1 amide bonds. The zero-order chi connectivity index (χ0) is 22.2. The van der Waals surface area contributed by atoms with Gasteiger partial charge in [-0.15, -0.1) is 0 Å². The van der Waals surface area contributed by atoms with Crippen molar-refractivity contribution in [3.8, 4) is 0 Å². The lowest BCUT2D eigenvalue weighted by Gasteiger charge is -2.10. The molecule has 1 N–H and O–H groups in total. The first kappa shape index (κ1) is 21.4. The van der Waals surface area contributed by atoms with Crippen LogP contribution in [0.1, 0.15) is 21.7 Å². The predicted octanol–water partition coefficient (Wildman–Crippen LogP) is 4.82. The van der Waals surface area contributed by atoms with Gasteiger partial charge in [-0.2, -0.15) is 0 Å². The van der Waals surface area contributed by atoms with Gasteiger partial charge in [0, 0.05) is 10.6 Å². The van der Waals surface area contributed by atoms with Gasteiger partial charge < -0.3 is 4.57 Å². The molecule has 0 unspecified atom stereocenters. The van der Waals surface area contributed by atoms with Crippen molar-refractivity contribution in [1.82, 2.24) is 14.3 Å². The van der Waals surface area contributed by atoms with Gasteiger partial charge in [-0.3, -0.25) is 4.79 Å². The van der Waals surface area contributed by atoms with Crippen LogP contribution in [0.2, 0.25) is 10.0 Å². The molecule has 4 aromatic rings. The number of halogens is 2. The monoisotopic (exact) mass is 473 g/mol. The van der Waals surface area contributed by atoms with E-state index in [2.05, 4.69) is 9.71 Å². The molecule has 0 bridgehead atoms. The van der Waals surface area contributed by atoms with Gasteiger partial charge in [0.25, 0.3) is 15.9 Å². The van der Waals surface area contributed by atoms with Crippen molar-refractivity contribution in [3.63, 3.8) is 0 Å². The van der Waals surface area contributed by atoms with E-state index >= 15 is 0 Å². The fourth-order valence-corrected chi connectivity index (χ4v) is 4.97. The summed E-state index contributed by atoms with van der Waals surface area (Å²) >= 11 is 12.3. The molecule has 0 fully saturated rings. The first-order valence-corrected chi connectivity index (χ1v) is 11.5. The molecule has 1 heterocycles. The summed E-state index contributed by atoms with van der Waals surface area (Å²) in [5.74, 6) is -0.0128. The van der Waals surface area contributed by atoms with Crippen LogP contribution in [0.3, 0.4) is 0 Å². The fraction of sp³-hybridized carbons (Fsp3) is 0.0909. The number of aryl methyl sites for hydroxylation is 1. The van der Waals surface area contributed by atoms with Crippen LogP contribution in [0.4, 0.5) is 0 Å². The maximum atomic E-state index is 12.7. The van der Waals surface area contributed by atoms with Gasteiger partial charge >= 0.3 is 0 Å². The van der Waals surface area contributed by atoms with Crippen LogP contribution in [0.15, 0.2) is 71.6 Å². The van der Waals surface area contributed by atoms with E-state index in [4.69, 9.17) is 23.2 Å². The lowest BCUT2D eigenvalue weighted by atomic mass is 10.2. The molecule has 0 aliphatic carbocycles. The van der Waals surface area contributed by atoms with E-state index in [0.29, 0.717) is 22.6 Å². The van der Waals surface area contributed by atoms with Gasteiger partial charge in [-0.05, 0) is 48.9 Å². The summed E-state index contributed by atoms with van der Waals surface area (Å²) in [5.41, 5.74) is 2.47. The minimum atomic E-state index is -4.12. The number of aromatic nitrogens is 2. The highest BCUT2D eigenvalue weighted by molar-refractivity contribution is 7.90. The second kappa shape index (κ2) is 8.34. The van der Waals surface area contributed by atoms with E-state index in [0.717, 1.165) is 11.4 Å². The molecule has 0 saturated carbocycles. The van der Waals surface area contributed by atoms with Crippen molar-refractivity contribution < 1.29 is 13.2 Å². The third kappa shape index (κ3) is 4.30. The van der Waals surface area contributed by atoms with E-state index in [1.54, 1.807) is 18.2 Å². The molecular weight excluding hydrogens is 457 g/mol. The van der Waals surface area contributed by atoms with Crippen molar-refractivity contribution in [2.45, 2.75) is 18.4 Å². The van der Waals surface area contributed by atoms with Gasteiger partial charge in [-0.25, -0.2) is 18.1 Å². The van der Waals surface area contributed by atoms with Gasteiger partial charge in [-0.1, -0.05) is 53.5 Å². The molecule has 0 atom stereocenters. The van der Waals surface area contributed by atoms with E-state index in [1.165, 1.54) is 24.3 Å². The lowest BCUT2D eigenvalue weighted by molar-refractivity contribution is 0.0981. The summed E-state index contributed by atoms with van der Waals surface area (Å²) in [6.07, 6.45) is 0. The van der Waals surface area contributed by atoms with Crippen LogP contribution in [-0.4, -0.2) is 23.9 Å². The molecule has 6 nitrogen and oxygen atoms in total. The second-order valence-electron chi connectivity index (χ2n) is 6.91. The summed E-state index contributed by atoms with van der Waals surface area (Å²) in [6, 6.07) is 18.2. The number of hydrogen-bond donors (Lipinski definition) is 1. The maximum absolute atomic E-state index is 12.7. The van der Waals surface area contributed by atoms with Gasteiger partial charge in [0.2, 0.25) is 0 Å². The van der Waals surface area contributed by atoms with Crippen LogP contribution in [-0.2, 0) is 16.6 Å². The van der Waals surface area contributed by atoms with Crippen LogP contribution < -0.4 is 4.72 Å². The molecule has 0 aliphatic heterocycles. The Balaban J connectivity index is 1.68. The Hall–Kier alpha value is -2.87. The Kier molecular flexibility index (Phi) is 5.75. The Morgan fingerprint density at radius 2 is 1.68 bits per heavy atom. The number of imidazole rings is 1. The third-order valence-corrected chi connectivity index (χ3v) is 7.04. The molecule has 0 aliphatic rings. The van der Waals surface area contributed by atoms with Gasteiger partial charge in [0.05, 0.1) is 22.6 Å². The lowest BCUT2D eigenvalue weighted by Crippen LogP contribution is -2.30. The first-order valence-electron chi connectivity index (χ1n) is 9.28. The zero-order valence-corrected chi connectivity index (χ0v) is 18.7. The van der Waals surface area contributed by atoms with Gasteiger partial charge in [0.15, 0.2) is 0 Å². The van der Waals surface area contributed by atoms with E-state index in [9.17, 15) is 13.2 Å². The number of amides is 1. The Morgan fingerprint density at radius 1 is 1.00 bits per heavy atom. The summed E-state index contributed by atoms with van der Waals surface area (Å²) in [4.78, 5) is 17.1. The standard InChI is InChI=1S/C22H17Cl2N3O3S/c1-14-25-19-11-10-15(12-20(19)27(14)13-16-6-2-3-7-17(16)23)22(28)26-31(29,30)21-9-5-4-8-18(21)24/h2-12H,13H2,1H3,(H,26,28). The summed E-state index contributed by atoms with van der Waals surface area (Å²) < 4.78 is 29.2. The first-order chi connectivity index (χ1) is 14.8. The maximum Gasteiger partial charge on any atom is 0.265 e. The smallest absolute Gasteiger partial charge is 0.265 e. The molecular formula is C22H17Cl2N3O3S. The minimum absolute atomic E-state index is 0.0340. The molecule has 9 heteroatoms. The van der Waals surface area contributed by atoms with Crippen LogP contribution in [0, 0.1) is 6.92 Å². The predicted molar refractivity (Wildman–Crippen MR) is 121 cm³/mol. The van der Waals surface area contributed by atoms with Crippen molar-refractivity contribution in [1.29, 1.82) is 0 Å². The second-order valence-corrected chi connectivity index (χ2v) is 9.37. The average molecular weight is 474 g/mol. The number of rotatable bonds is 5. The normalized spacial score (nSPS) is 11.6. The number of benzene rings is 3. The molecule has 0 radical (unpaired) electrons. The SMILES string of the molecule is Cc1nc2ccc(C(=O)NS(=O)(=O)c3ccccc3Cl)cc2n1Cc1ccccc1Cl. The Labute approximate surface area is 189 Å². The third-order valence-electron chi connectivity index (χ3n) is 4.84. The quantitative estimate of drug-likeness (QED) is 0.450. The molecule has 0 spiro atoms. The van der Waals surface area contributed by atoms with Crippen molar-refractivity contribution >= 4 is 50.2 Å². The molecule has 0 saturated heterocycles. The molecule has 4 rings (SSSR count). The van der Waals surface area contributed by atoms with E-state index in [1.807, 2.05) is 35.8 Å². The number of carbonyl (C=O) groups excluding carboxylic acids is 1. The number of carbonyl (C=O) groups is 1. The number of nitrogens with zero attached hydrogens (tertiary/aromatic N) is 2. The Morgan fingerprint density at radius 3 is 2.39 bits per heavy atom. The largest absolute Gasteiger partial charge is 0.324 e. The topological polar surface area (TPSA) is 81.1 Å².